The number of hydrogen-bond donors (Lipinski definition) is 2. The van der Waals surface area contributed by atoms with Gasteiger partial charge in [-0.3, -0.25) is 0 Å². The lowest BCUT2D eigenvalue weighted by Crippen LogP contribution is -2.14. The average molecular weight is 273 g/mol. The second kappa shape index (κ2) is 7.10. The lowest BCUT2D eigenvalue weighted by Gasteiger charge is -2.09. The zero-order valence-corrected chi connectivity index (χ0v) is 12.4. The molecule has 0 unspecified atom stereocenters. The van der Waals surface area contributed by atoms with Crippen LogP contribution >= 0.6 is 0 Å². The van der Waals surface area contributed by atoms with Crippen molar-refractivity contribution >= 4 is 0 Å². The standard InChI is InChI=1S/C16H23N3O/c1-4-9-17-11-16-18-10-15(19-16)13-5-7-14(8-6-13)20-12(2)3/h5-8,10,12,17H,4,9,11H2,1-3H3,(H,18,19). The highest BCUT2D eigenvalue weighted by molar-refractivity contribution is 5.59. The van der Waals surface area contributed by atoms with Gasteiger partial charge in [-0.2, -0.15) is 0 Å². The van der Waals surface area contributed by atoms with E-state index < -0.39 is 0 Å². The predicted molar refractivity (Wildman–Crippen MR) is 81.8 cm³/mol. The normalized spacial score (nSPS) is 11.0. The van der Waals surface area contributed by atoms with Gasteiger partial charge in [-0.05, 0) is 56.6 Å². The van der Waals surface area contributed by atoms with Crippen LogP contribution in [0.4, 0.5) is 0 Å². The van der Waals surface area contributed by atoms with Gasteiger partial charge in [0.2, 0.25) is 0 Å². The first-order valence-corrected chi connectivity index (χ1v) is 7.20. The molecule has 0 aliphatic rings. The number of benzene rings is 1. The van der Waals surface area contributed by atoms with Crippen LogP contribution in [0.15, 0.2) is 30.5 Å². The Bertz CT molecular complexity index is 517. The van der Waals surface area contributed by atoms with Gasteiger partial charge in [0, 0.05) is 0 Å². The van der Waals surface area contributed by atoms with E-state index in [9.17, 15) is 0 Å². The van der Waals surface area contributed by atoms with E-state index in [4.69, 9.17) is 4.74 Å². The number of imidazole rings is 1. The van der Waals surface area contributed by atoms with Gasteiger partial charge in [0.05, 0.1) is 24.5 Å². The minimum atomic E-state index is 0.198. The summed E-state index contributed by atoms with van der Waals surface area (Å²) in [5.74, 6) is 1.86. The topological polar surface area (TPSA) is 49.9 Å². The number of H-pyrrole nitrogens is 1. The van der Waals surface area contributed by atoms with Crippen molar-refractivity contribution in [3.05, 3.63) is 36.3 Å². The molecule has 4 nitrogen and oxygen atoms in total. The van der Waals surface area contributed by atoms with Gasteiger partial charge in [0.25, 0.3) is 0 Å². The van der Waals surface area contributed by atoms with Crippen molar-refractivity contribution in [2.75, 3.05) is 6.54 Å². The molecule has 0 saturated heterocycles. The summed E-state index contributed by atoms with van der Waals surface area (Å²) in [5.41, 5.74) is 2.16. The quantitative estimate of drug-likeness (QED) is 0.760. The van der Waals surface area contributed by atoms with Gasteiger partial charge in [0.1, 0.15) is 11.6 Å². The summed E-state index contributed by atoms with van der Waals surface area (Å²) in [7, 11) is 0. The monoisotopic (exact) mass is 273 g/mol. The average Bonchev–Trinajstić information content (AvgIpc) is 2.88. The first-order chi connectivity index (χ1) is 9.69. The molecule has 2 rings (SSSR count). The number of ether oxygens (including phenoxy) is 1. The Morgan fingerprint density at radius 1 is 1.25 bits per heavy atom. The molecule has 1 heterocycles. The fraction of sp³-hybridized carbons (Fsp3) is 0.438. The Hall–Kier alpha value is -1.81. The lowest BCUT2D eigenvalue weighted by molar-refractivity contribution is 0.242. The van der Waals surface area contributed by atoms with Gasteiger partial charge in [-0.1, -0.05) is 6.92 Å². The number of aromatic nitrogens is 2. The molecule has 20 heavy (non-hydrogen) atoms. The van der Waals surface area contributed by atoms with Crippen LogP contribution in [-0.4, -0.2) is 22.6 Å². The third-order valence-corrected chi connectivity index (χ3v) is 2.88. The Morgan fingerprint density at radius 2 is 2.00 bits per heavy atom. The smallest absolute Gasteiger partial charge is 0.120 e. The van der Waals surface area contributed by atoms with Crippen molar-refractivity contribution in [2.45, 2.75) is 39.8 Å². The Balaban J connectivity index is 2.00. The van der Waals surface area contributed by atoms with Crippen molar-refractivity contribution in [1.82, 2.24) is 15.3 Å². The third kappa shape index (κ3) is 4.10. The molecule has 0 aliphatic carbocycles. The van der Waals surface area contributed by atoms with Crippen molar-refractivity contribution in [1.29, 1.82) is 0 Å². The fourth-order valence-electron chi connectivity index (χ4n) is 1.97. The highest BCUT2D eigenvalue weighted by atomic mass is 16.5. The van der Waals surface area contributed by atoms with Crippen LogP contribution in [0.1, 0.15) is 33.0 Å². The zero-order chi connectivity index (χ0) is 14.4. The molecule has 4 heteroatoms. The van der Waals surface area contributed by atoms with Crippen molar-refractivity contribution in [2.24, 2.45) is 0 Å². The van der Waals surface area contributed by atoms with Crippen LogP contribution in [0, 0.1) is 0 Å². The van der Waals surface area contributed by atoms with Crippen LogP contribution in [-0.2, 0) is 6.54 Å². The summed E-state index contributed by atoms with van der Waals surface area (Å²) in [6, 6.07) is 8.08. The minimum Gasteiger partial charge on any atom is -0.491 e. The second-order valence-corrected chi connectivity index (χ2v) is 5.11. The van der Waals surface area contributed by atoms with Crippen LogP contribution in [0.3, 0.4) is 0 Å². The summed E-state index contributed by atoms with van der Waals surface area (Å²) in [4.78, 5) is 7.72. The maximum absolute atomic E-state index is 5.64. The molecule has 2 N–H and O–H groups in total. The molecule has 2 aromatic rings. The van der Waals surface area contributed by atoms with Crippen molar-refractivity contribution in [3.63, 3.8) is 0 Å². The van der Waals surface area contributed by atoms with E-state index in [-0.39, 0.29) is 6.10 Å². The number of aromatic amines is 1. The van der Waals surface area contributed by atoms with E-state index in [1.807, 2.05) is 32.2 Å². The second-order valence-electron chi connectivity index (χ2n) is 5.11. The van der Waals surface area contributed by atoms with Crippen LogP contribution in [0.25, 0.3) is 11.3 Å². The summed E-state index contributed by atoms with van der Waals surface area (Å²) < 4.78 is 5.64. The third-order valence-electron chi connectivity index (χ3n) is 2.88. The van der Waals surface area contributed by atoms with Crippen LogP contribution in [0.5, 0.6) is 5.75 Å². The number of nitrogens with zero attached hydrogens (tertiary/aromatic N) is 1. The van der Waals surface area contributed by atoms with E-state index in [1.165, 1.54) is 0 Å². The van der Waals surface area contributed by atoms with Gasteiger partial charge >= 0.3 is 0 Å². The number of rotatable bonds is 7. The largest absolute Gasteiger partial charge is 0.491 e. The van der Waals surface area contributed by atoms with Crippen LogP contribution < -0.4 is 10.1 Å². The van der Waals surface area contributed by atoms with Gasteiger partial charge in [0.15, 0.2) is 0 Å². The molecule has 108 valence electrons. The van der Waals surface area contributed by atoms with E-state index in [2.05, 4.69) is 34.3 Å². The Labute approximate surface area is 120 Å². The molecule has 0 bridgehead atoms. The molecular formula is C16H23N3O. The van der Waals surface area contributed by atoms with E-state index in [0.29, 0.717) is 0 Å². The summed E-state index contributed by atoms with van der Waals surface area (Å²) in [6.45, 7) is 8.00. The summed E-state index contributed by atoms with van der Waals surface area (Å²) >= 11 is 0. The maximum atomic E-state index is 5.64. The molecule has 0 radical (unpaired) electrons. The SMILES string of the molecule is CCCNCc1ncc(-c2ccc(OC(C)C)cc2)[nH]1. The number of hydrogen-bond acceptors (Lipinski definition) is 3. The first kappa shape index (κ1) is 14.6. The van der Waals surface area contributed by atoms with E-state index in [0.717, 1.165) is 42.3 Å². The molecule has 0 spiro atoms. The highest BCUT2D eigenvalue weighted by Gasteiger charge is 2.04. The number of nitrogens with one attached hydrogen (secondary N) is 2. The van der Waals surface area contributed by atoms with Gasteiger partial charge in [-0.25, -0.2) is 4.98 Å². The molecule has 0 amide bonds. The Morgan fingerprint density at radius 3 is 2.65 bits per heavy atom. The molecular weight excluding hydrogens is 250 g/mol. The highest BCUT2D eigenvalue weighted by Crippen LogP contribution is 2.21. The molecule has 0 atom stereocenters. The molecule has 0 aliphatic heterocycles. The van der Waals surface area contributed by atoms with Crippen molar-refractivity contribution in [3.8, 4) is 17.0 Å². The lowest BCUT2D eigenvalue weighted by atomic mass is 10.1. The molecule has 0 fully saturated rings. The molecule has 1 aromatic heterocycles. The summed E-state index contributed by atoms with van der Waals surface area (Å²) in [6.07, 6.45) is 3.20. The zero-order valence-electron chi connectivity index (χ0n) is 12.4. The Kier molecular flexibility index (Phi) is 5.18. The fourth-order valence-corrected chi connectivity index (χ4v) is 1.97. The van der Waals surface area contributed by atoms with Crippen LogP contribution in [0.2, 0.25) is 0 Å². The molecule has 0 saturated carbocycles. The maximum Gasteiger partial charge on any atom is 0.120 e. The van der Waals surface area contributed by atoms with E-state index >= 15 is 0 Å². The first-order valence-electron chi connectivity index (χ1n) is 7.20. The minimum absolute atomic E-state index is 0.198. The van der Waals surface area contributed by atoms with Crippen molar-refractivity contribution < 1.29 is 4.74 Å². The molecule has 1 aromatic carbocycles. The van der Waals surface area contributed by atoms with Gasteiger partial charge in [-0.15, -0.1) is 0 Å². The predicted octanol–water partition coefficient (Wildman–Crippen LogP) is 3.36. The van der Waals surface area contributed by atoms with Gasteiger partial charge < -0.3 is 15.0 Å². The summed E-state index contributed by atoms with van der Waals surface area (Å²) in [5, 5.41) is 3.33. The van der Waals surface area contributed by atoms with E-state index in [1.54, 1.807) is 0 Å².